The van der Waals surface area contributed by atoms with E-state index in [1.54, 1.807) is 0 Å². The van der Waals surface area contributed by atoms with Crippen molar-refractivity contribution < 1.29 is 28.2 Å². The van der Waals surface area contributed by atoms with Crippen molar-refractivity contribution in [1.29, 1.82) is 0 Å². The van der Waals surface area contributed by atoms with Crippen molar-refractivity contribution in [3.05, 3.63) is 53.1 Å². The molecule has 2 rings (SSSR count). The third-order valence-corrected chi connectivity index (χ3v) is 3.28. The molecule has 2 aromatic carbocycles. The maximum atomic E-state index is 13.1. The van der Waals surface area contributed by atoms with E-state index in [-0.39, 0.29) is 29.7 Å². The lowest BCUT2D eigenvalue weighted by molar-refractivity contribution is 0.147. The smallest absolute Gasteiger partial charge is 0.407 e. The molecule has 0 aromatic heterocycles. The lowest BCUT2D eigenvalue weighted by Gasteiger charge is -2.14. The zero-order chi connectivity index (χ0) is 17.7. The van der Waals surface area contributed by atoms with Gasteiger partial charge in [-0.25, -0.2) is 13.6 Å². The Kier molecular flexibility index (Phi) is 5.81. The average Bonchev–Trinajstić information content (AvgIpc) is 2.48. The number of nitrogens with zero attached hydrogens (tertiary/aromatic N) is 1. The van der Waals surface area contributed by atoms with Crippen molar-refractivity contribution in [2.75, 3.05) is 20.2 Å². The van der Waals surface area contributed by atoms with Crippen LogP contribution in [0.3, 0.4) is 0 Å². The van der Waals surface area contributed by atoms with Gasteiger partial charge < -0.3 is 19.5 Å². The van der Waals surface area contributed by atoms with Crippen LogP contribution in [-0.4, -0.2) is 36.3 Å². The molecule has 24 heavy (non-hydrogen) atoms. The SMILES string of the molecule is CN(CCOc1ccc(Oc2cc(F)cc(F)c2)cc1Cl)C(=O)O. The summed E-state index contributed by atoms with van der Waals surface area (Å²) < 4.78 is 37.0. The Balaban J connectivity index is 2.00. The van der Waals surface area contributed by atoms with Crippen molar-refractivity contribution in [2.24, 2.45) is 0 Å². The van der Waals surface area contributed by atoms with Crippen LogP contribution in [0.1, 0.15) is 0 Å². The zero-order valence-electron chi connectivity index (χ0n) is 12.6. The summed E-state index contributed by atoms with van der Waals surface area (Å²) in [7, 11) is 1.42. The van der Waals surface area contributed by atoms with Crippen LogP contribution in [0.4, 0.5) is 13.6 Å². The first-order chi connectivity index (χ1) is 11.3. The van der Waals surface area contributed by atoms with Crippen molar-refractivity contribution in [3.63, 3.8) is 0 Å². The second-order valence-electron chi connectivity index (χ2n) is 4.85. The van der Waals surface area contributed by atoms with E-state index in [1.807, 2.05) is 0 Å². The molecule has 1 N–H and O–H groups in total. The Morgan fingerprint density at radius 1 is 1.17 bits per heavy atom. The van der Waals surface area contributed by atoms with E-state index in [0.717, 1.165) is 23.1 Å². The van der Waals surface area contributed by atoms with E-state index in [1.165, 1.54) is 25.2 Å². The lowest BCUT2D eigenvalue weighted by Crippen LogP contribution is -2.29. The molecular weight excluding hydrogens is 344 g/mol. The number of hydrogen-bond acceptors (Lipinski definition) is 3. The number of rotatable bonds is 6. The van der Waals surface area contributed by atoms with Gasteiger partial charge in [0.05, 0.1) is 11.6 Å². The lowest BCUT2D eigenvalue weighted by atomic mass is 10.3. The van der Waals surface area contributed by atoms with Gasteiger partial charge in [0.2, 0.25) is 0 Å². The summed E-state index contributed by atoms with van der Waals surface area (Å²) in [5, 5.41) is 8.95. The first-order valence-electron chi connectivity index (χ1n) is 6.85. The molecule has 0 bridgehead atoms. The van der Waals surface area contributed by atoms with Gasteiger partial charge in [0, 0.05) is 31.3 Å². The molecule has 0 heterocycles. The summed E-state index contributed by atoms with van der Waals surface area (Å²) in [5.74, 6) is -0.884. The molecule has 0 fully saturated rings. The van der Waals surface area contributed by atoms with Crippen LogP contribution < -0.4 is 9.47 Å². The van der Waals surface area contributed by atoms with Crippen LogP contribution >= 0.6 is 11.6 Å². The first kappa shape index (κ1) is 17.8. The maximum Gasteiger partial charge on any atom is 0.407 e. The molecule has 0 radical (unpaired) electrons. The van der Waals surface area contributed by atoms with Crippen LogP contribution in [0.25, 0.3) is 0 Å². The summed E-state index contributed by atoms with van der Waals surface area (Å²) >= 11 is 6.05. The summed E-state index contributed by atoms with van der Waals surface area (Å²) in [5.41, 5.74) is 0. The fourth-order valence-corrected chi connectivity index (χ4v) is 2.00. The van der Waals surface area contributed by atoms with Gasteiger partial charge in [-0.15, -0.1) is 0 Å². The number of halogens is 3. The van der Waals surface area contributed by atoms with Gasteiger partial charge in [0.25, 0.3) is 0 Å². The van der Waals surface area contributed by atoms with E-state index >= 15 is 0 Å². The topological polar surface area (TPSA) is 59.0 Å². The van der Waals surface area contributed by atoms with Crippen LogP contribution in [0.2, 0.25) is 5.02 Å². The summed E-state index contributed by atoms with van der Waals surface area (Å²) in [4.78, 5) is 11.7. The molecule has 5 nitrogen and oxygen atoms in total. The predicted molar refractivity (Wildman–Crippen MR) is 84.0 cm³/mol. The van der Waals surface area contributed by atoms with Crippen molar-refractivity contribution in [2.45, 2.75) is 0 Å². The monoisotopic (exact) mass is 357 g/mol. The predicted octanol–water partition coefficient (Wildman–Crippen LogP) is 4.40. The largest absolute Gasteiger partial charge is 0.490 e. The molecule has 0 saturated heterocycles. The minimum Gasteiger partial charge on any atom is -0.490 e. The summed E-state index contributed by atoms with van der Waals surface area (Å²) in [6, 6.07) is 7.30. The fourth-order valence-electron chi connectivity index (χ4n) is 1.77. The molecule has 0 atom stereocenters. The maximum absolute atomic E-state index is 13.1. The van der Waals surface area contributed by atoms with E-state index in [2.05, 4.69) is 0 Å². The molecule has 0 aliphatic heterocycles. The highest BCUT2D eigenvalue weighted by Crippen LogP contribution is 2.31. The van der Waals surface area contributed by atoms with Crippen LogP contribution in [0, 0.1) is 11.6 Å². The van der Waals surface area contributed by atoms with E-state index in [4.69, 9.17) is 26.2 Å². The molecular formula is C16H14ClF2NO4. The number of carbonyl (C=O) groups is 1. The van der Waals surface area contributed by atoms with Crippen molar-refractivity contribution in [3.8, 4) is 17.2 Å². The Morgan fingerprint density at radius 2 is 1.83 bits per heavy atom. The Bertz CT molecular complexity index is 722. The second-order valence-corrected chi connectivity index (χ2v) is 5.26. The number of ether oxygens (including phenoxy) is 2. The second kappa shape index (κ2) is 7.83. The van der Waals surface area contributed by atoms with Gasteiger partial charge in [0.1, 0.15) is 35.5 Å². The molecule has 0 unspecified atom stereocenters. The van der Waals surface area contributed by atoms with Crippen LogP contribution in [0.15, 0.2) is 36.4 Å². The normalized spacial score (nSPS) is 10.3. The molecule has 0 aliphatic carbocycles. The third-order valence-electron chi connectivity index (χ3n) is 2.99. The first-order valence-corrected chi connectivity index (χ1v) is 7.23. The molecule has 2 aromatic rings. The number of likely N-dealkylation sites (N-methyl/N-ethyl adjacent to an activating group) is 1. The van der Waals surface area contributed by atoms with Crippen molar-refractivity contribution in [1.82, 2.24) is 4.90 Å². The zero-order valence-corrected chi connectivity index (χ0v) is 13.4. The Hall–Kier alpha value is -2.54. The Labute approximate surface area is 142 Å². The standard InChI is InChI=1S/C16H14ClF2NO4/c1-20(16(21)22)4-5-23-15-3-2-12(9-14(15)17)24-13-7-10(18)6-11(19)8-13/h2-3,6-9H,4-5H2,1H3,(H,21,22). The van der Waals surface area contributed by atoms with Gasteiger partial charge in [-0.3, -0.25) is 0 Å². The van der Waals surface area contributed by atoms with Crippen molar-refractivity contribution >= 4 is 17.7 Å². The summed E-state index contributed by atoms with van der Waals surface area (Å²) in [6.07, 6.45) is -1.06. The highest BCUT2D eigenvalue weighted by atomic mass is 35.5. The molecule has 0 saturated carbocycles. The van der Waals surface area contributed by atoms with Gasteiger partial charge >= 0.3 is 6.09 Å². The molecule has 0 spiro atoms. The average molecular weight is 358 g/mol. The number of hydrogen-bond donors (Lipinski definition) is 1. The van der Waals surface area contributed by atoms with Crippen LogP contribution in [-0.2, 0) is 0 Å². The highest BCUT2D eigenvalue weighted by molar-refractivity contribution is 6.32. The van der Waals surface area contributed by atoms with Gasteiger partial charge in [-0.05, 0) is 12.1 Å². The number of amides is 1. The van der Waals surface area contributed by atoms with E-state index in [0.29, 0.717) is 5.75 Å². The van der Waals surface area contributed by atoms with E-state index < -0.39 is 17.7 Å². The van der Waals surface area contributed by atoms with Crippen LogP contribution in [0.5, 0.6) is 17.2 Å². The number of benzene rings is 2. The molecule has 1 amide bonds. The number of carboxylic acid groups (broad SMARTS) is 1. The Morgan fingerprint density at radius 3 is 2.42 bits per heavy atom. The molecule has 128 valence electrons. The fraction of sp³-hybridized carbons (Fsp3) is 0.188. The highest BCUT2D eigenvalue weighted by Gasteiger charge is 2.09. The van der Waals surface area contributed by atoms with E-state index in [9.17, 15) is 13.6 Å². The minimum atomic E-state index is -1.06. The van der Waals surface area contributed by atoms with Gasteiger partial charge in [-0.1, -0.05) is 11.6 Å². The quantitative estimate of drug-likeness (QED) is 0.832. The van der Waals surface area contributed by atoms with Gasteiger partial charge in [0.15, 0.2) is 0 Å². The minimum absolute atomic E-state index is 0.000294. The summed E-state index contributed by atoms with van der Waals surface area (Å²) in [6.45, 7) is 0.296. The molecule has 8 heteroatoms. The molecule has 0 aliphatic rings. The third kappa shape index (κ3) is 4.99. The van der Waals surface area contributed by atoms with Gasteiger partial charge in [-0.2, -0.15) is 0 Å².